The highest BCUT2D eigenvalue weighted by molar-refractivity contribution is 14.1. The van der Waals surface area contributed by atoms with Crippen LogP contribution in [0.5, 0.6) is 11.5 Å². The van der Waals surface area contributed by atoms with Crippen molar-refractivity contribution >= 4 is 22.6 Å². The fourth-order valence-electron chi connectivity index (χ4n) is 2.93. The summed E-state index contributed by atoms with van der Waals surface area (Å²) in [5, 5.41) is 3.62. The summed E-state index contributed by atoms with van der Waals surface area (Å²) in [6.07, 6.45) is 1.03. The number of fused-ring (bicyclic) bond motifs is 2. The summed E-state index contributed by atoms with van der Waals surface area (Å²) >= 11 is 2.40. The Morgan fingerprint density at radius 2 is 1.85 bits per heavy atom. The molecule has 4 heteroatoms. The van der Waals surface area contributed by atoms with E-state index in [0.717, 1.165) is 24.5 Å². The Hall–Kier alpha value is -1.27. The van der Waals surface area contributed by atoms with Crippen LogP contribution in [0.2, 0.25) is 0 Å². The van der Waals surface area contributed by atoms with E-state index >= 15 is 0 Å². The van der Waals surface area contributed by atoms with Gasteiger partial charge in [-0.15, -0.1) is 0 Å². The van der Waals surface area contributed by atoms with Crippen molar-refractivity contribution in [3.05, 3.63) is 56.7 Å². The quantitative estimate of drug-likeness (QED) is 0.772. The van der Waals surface area contributed by atoms with Crippen molar-refractivity contribution in [2.75, 3.05) is 13.3 Å². The molecule has 3 nitrogen and oxygen atoms in total. The first-order valence-corrected chi connectivity index (χ1v) is 7.81. The summed E-state index contributed by atoms with van der Waals surface area (Å²) in [4.78, 5) is 0. The van der Waals surface area contributed by atoms with Gasteiger partial charge in [0, 0.05) is 10.1 Å². The van der Waals surface area contributed by atoms with Crippen LogP contribution in [0.1, 0.15) is 22.7 Å². The van der Waals surface area contributed by atoms with E-state index in [4.69, 9.17) is 9.47 Å². The molecule has 0 saturated heterocycles. The van der Waals surface area contributed by atoms with Crippen molar-refractivity contribution in [3.63, 3.8) is 0 Å². The Bertz CT molecular complexity index is 672. The van der Waals surface area contributed by atoms with Crippen LogP contribution in [0.4, 0.5) is 0 Å². The van der Waals surface area contributed by atoms with Crippen molar-refractivity contribution in [1.29, 1.82) is 0 Å². The van der Waals surface area contributed by atoms with E-state index in [0.29, 0.717) is 6.79 Å². The first kappa shape index (κ1) is 12.5. The van der Waals surface area contributed by atoms with E-state index in [-0.39, 0.29) is 6.04 Å². The molecule has 0 aliphatic carbocycles. The molecule has 2 heterocycles. The molecule has 102 valence electrons. The highest BCUT2D eigenvalue weighted by atomic mass is 127. The topological polar surface area (TPSA) is 30.5 Å². The monoisotopic (exact) mass is 379 g/mol. The lowest BCUT2D eigenvalue weighted by molar-refractivity contribution is 0.174. The second kappa shape index (κ2) is 4.93. The van der Waals surface area contributed by atoms with E-state index in [1.165, 1.54) is 20.3 Å². The van der Waals surface area contributed by atoms with E-state index in [9.17, 15) is 0 Å². The number of ether oxygens (including phenoxy) is 2. The van der Waals surface area contributed by atoms with Gasteiger partial charge in [0.05, 0.1) is 6.04 Å². The van der Waals surface area contributed by atoms with Crippen molar-refractivity contribution in [1.82, 2.24) is 5.32 Å². The molecule has 0 amide bonds. The summed E-state index contributed by atoms with van der Waals surface area (Å²) in [5.41, 5.74) is 4.00. The molecular formula is C16H14INO2. The van der Waals surface area contributed by atoms with Crippen molar-refractivity contribution in [3.8, 4) is 11.5 Å². The van der Waals surface area contributed by atoms with Gasteiger partial charge >= 0.3 is 0 Å². The maximum atomic E-state index is 5.53. The maximum absolute atomic E-state index is 5.53. The molecule has 20 heavy (non-hydrogen) atoms. The van der Waals surface area contributed by atoms with Gasteiger partial charge in [0.25, 0.3) is 0 Å². The SMILES string of the molecule is Ic1ccccc1C1NCCc2cc3c(cc21)OCO3. The number of halogens is 1. The average Bonchev–Trinajstić information content (AvgIpc) is 2.92. The lowest BCUT2D eigenvalue weighted by atomic mass is 9.89. The number of hydrogen-bond acceptors (Lipinski definition) is 3. The van der Waals surface area contributed by atoms with Gasteiger partial charge < -0.3 is 14.8 Å². The Balaban J connectivity index is 1.84. The Labute approximate surface area is 131 Å². The van der Waals surface area contributed by atoms with Gasteiger partial charge in [-0.1, -0.05) is 18.2 Å². The number of hydrogen-bond donors (Lipinski definition) is 1. The second-order valence-electron chi connectivity index (χ2n) is 5.06. The molecule has 0 spiro atoms. The molecule has 0 aromatic heterocycles. The minimum atomic E-state index is 0.237. The molecule has 2 aliphatic heterocycles. The maximum Gasteiger partial charge on any atom is 0.231 e. The van der Waals surface area contributed by atoms with Gasteiger partial charge in [-0.25, -0.2) is 0 Å². The van der Waals surface area contributed by atoms with E-state index in [2.05, 4.69) is 64.3 Å². The van der Waals surface area contributed by atoms with Crippen LogP contribution in [0.15, 0.2) is 36.4 Å². The Morgan fingerprint density at radius 3 is 2.70 bits per heavy atom. The van der Waals surface area contributed by atoms with Crippen LogP contribution < -0.4 is 14.8 Å². The molecule has 2 aliphatic rings. The summed E-state index contributed by atoms with van der Waals surface area (Å²) in [6, 6.07) is 13.0. The van der Waals surface area contributed by atoms with Crippen molar-refractivity contribution < 1.29 is 9.47 Å². The smallest absolute Gasteiger partial charge is 0.231 e. The summed E-state index contributed by atoms with van der Waals surface area (Å²) < 4.78 is 12.3. The highest BCUT2D eigenvalue weighted by Gasteiger charge is 2.26. The third-order valence-corrected chi connectivity index (χ3v) is 4.89. The third-order valence-electron chi connectivity index (χ3n) is 3.90. The van der Waals surface area contributed by atoms with Gasteiger partial charge in [-0.05, 0) is 63.9 Å². The molecular weight excluding hydrogens is 365 g/mol. The van der Waals surface area contributed by atoms with Crippen LogP contribution >= 0.6 is 22.6 Å². The van der Waals surface area contributed by atoms with Crippen molar-refractivity contribution in [2.45, 2.75) is 12.5 Å². The minimum absolute atomic E-state index is 0.237. The zero-order chi connectivity index (χ0) is 13.5. The van der Waals surface area contributed by atoms with Gasteiger partial charge in [0.2, 0.25) is 6.79 Å². The predicted molar refractivity (Wildman–Crippen MR) is 85.3 cm³/mol. The summed E-state index contributed by atoms with van der Waals surface area (Å²) in [5.74, 6) is 1.75. The van der Waals surface area contributed by atoms with Crippen molar-refractivity contribution in [2.24, 2.45) is 0 Å². The molecule has 0 fully saturated rings. The average molecular weight is 379 g/mol. The zero-order valence-electron chi connectivity index (χ0n) is 10.9. The fourth-order valence-corrected chi connectivity index (χ4v) is 3.63. The number of rotatable bonds is 1. The molecule has 0 bridgehead atoms. The molecule has 1 atom stereocenters. The van der Waals surface area contributed by atoms with E-state index < -0.39 is 0 Å². The van der Waals surface area contributed by atoms with Crippen LogP contribution in [-0.4, -0.2) is 13.3 Å². The lowest BCUT2D eigenvalue weighted by Crippen LogP contribution is -2.31. The Morgan fingerprint density at radius 1 is 1.05 bits per heavy atom. The number of nitrogens with one attached hydrogen (secondary N) is 1. The molecule has 0 radical (unpaired) electrons. The molecule has 2 aromatic rings. The Kier molecular flexibility index (Phi) is 3.07. The summed E-state index contributed by atoms with van der Waals surface area (Å²) in [7, 11) is 0. The first-order chi connectivity index (χ1) is 9.83. The van der Waals surface area contributed by atoms with Gasteiger partial charge in [-0.2, -0.15) is 0 Å². The van der Waals surface area contributed by atoms with Crippen LogP contribution in [0.25, 0.3) is 0 Å². The molecule has 2 aromatic carbocycles. The van der Waals surface area contributed by atoms with E-state index in [1.807, 2.05) is 0 Å². The minimum Gasteiger partial charge on any atom is -0.454 e. The van der Waals surface area contributed by atoms with Gasteiger partial charge in [-0.3, -0.25) is 0 Å². The van der Waals surface area contributed by atoms with Crippen LogP contribution in [0.3, 0.4) is 0 Å². The second-order valence-corrected chi connectivity index (χ2v) is 6.23. The molecule has 1 N–H and O–H groups in total. The fraction of sp³-hybridized carbons (Fsp3) is 0.250. The van der Waals surface area contributed by atoms with Gasteiger partial charge in [0.1, 0.15) is 0 Å². The summed E-state index contributed by atoms with van der Waals surface area (Å²) in [6.45, 7) is 1.32. The lowest BCUT2D eigenvalue weighted by Gasteiger charge is -2.28. The normalized spacial score (nSPS) is 19.8. The van der Waals surface area contributed by atoms with Crippen LogP contribution in [0, 0.1) is 3.57 Å². The van der Waals surface area contributed by atoms with Crippen LogP contribution in [-0.2, 0) is 6.42 Å². The largest absolute Gasteiger partial charge is 0.454 e. The number of benzene rings is 2. The predicted octanol–water partition coefficient (Wildman–Crippen LogP) is 3.26. The third kappa shape index (κ3) is 1.98. The molecule has 1 unspecified atom stereocenters. The first-order valence-electron chi connectivity index (χ1n) is 6.73. The molecule has 0 saturated carbocycles. The molecule has 4 rings (SSSR count). The highest BCUT2D eigenvalue weighted by Crippen LogP contribution is 2.40. The standard InChI is InChI=1S/C16H14INO2/c17-13-4-2-1-3-11(13)16-12-8-15-14(19-9-20-15)7-10(12)5-6-18-16/h1-4,7-8,16,18H,5-6,9H2. The van der Waals surface area contributed by atoms with E-state index in [1.54, 1.807) is 0 Å². The zero-order valence-corrected chi connectivity index (χ0v) is 13.0. The van der Waals surface area contributed by atoms with Gasteiger partial charge in [0.15, 0.2) is 11.5 Å².